The summed E-state index contributed by atoms with van der Waals surface area (Å²) in [7, 11) is 0. The van der Waals surface area contributed by atoms with Gasteiger partial charge < -0.3 is 4.74 Å². The van der Waals surface area contributed by atoms with Gasteiger partial charge in [-0.25, -0.2) is 0 Å². The fraction of sp³-hybridized carbons (Fsp3) is 0.727. The molecule has 2 nitrogen and oxygen atoms in total. The first kappa shape index (κ1) is 7.60. The van der Waals surface area contributed by atoms with Gasteiger partial charge in [0.1, 0.15) is 6.10 Å². The van der Waals surface area contributed by atoms with E-state index in [1.807, 2.05) is 0 Å². The van der Waals surface area contributed by atoms with Crippen molar-refractivity contribution in [1.82, 2.24) is 0 Å². The summed E-state index contributed by atoms with van der Waals surface area (Å²) in [6, 6.07) is 0. The average molecular weight is 178 g/mol. The van der Waals surface area contributed by atoms with Crippen LogP contribution in [0.4, 0.5) is 0 Å². The normalized spacial score (nSPS) is 50.1. The molecule has 2 saturated carbocycles. The topological polar surface area (TPSA) is 26.3 Å². The lowest BCUT2D eigenvalue weighted by molar-refractivity contribution is -0.150. The summed E-state index contributed by atoms with van der Waals surface area (Å²) in [5, 5.41) is 0. The van der Waals surface area contributed by atoms with E-state index in [1.54, 1.807) is 0 Å². The van der Waals surface area contributed by atoms with Crippen LogP contribution in [0.1, 0.15) is 19.8 Å². The van der Waals surface area contributed by atoms with Crippen molar-refractivity contribution in [1.29, 1.82) is 0 Å². The van der Waals surface area contributed by atoms with Gasteiger partial charge in [0, 0.05) is 12.8 Å². The van der Waals surface area contributed by atoms with E-state index in [4.69, 9.17) is 4.74 Å². The zero-order chi connectivity index (χ0) is 9.00. The second-order valence-corrected chi connectivity index (χ2v) is 4.60. The van der Waals surface area contributed by atoms with Crippen molar-refractivity contribution in [3.63, 3.8) is 0 Å². The highest BCUT2D eigenvalue weighted by Gasteiger charge is 2.54. The van der Waals surface area contributed by atoms with Gasteiger partial charge >= 0.3 is 5.97 Å². The minimum atomic E-state index is -0.116. The number of hydrogen-bond acceptors (Lipinski definition) is 2. The summed E-state index contributed by atoms with van der Waals surface area (Å²) in [4.78, 5) is 10.9. The Morgan fingerprint density at radius 3 is 3.00 bits per heavy atom. The number of carbonyl (C=O) groups excluding carboxylic acids is 1. The Hall–Kier alpha value is -0.790. The van der Waals surface area contributed by atoms with Crippen LogP contribution in [-0.4, -0.2) is 12.1 Å². The predicted molar refractivity (Wildman–Crippen MR) is 47.9 cm³/mol. The molecule has 0 heterocycles. The molecule has 0 N–H and O–H groups in total. The van der Waals surface area contributed by atoms with Crippen molar-refractivity contribution < 1.29 is 9.53 Å². The lowest BCUT2D eigenvalue weighted by atomic mass is 9.85. The van der Waals surface area contributed by atoms with E-state index < -0.39 is 0 Å². The van der Waals surface area contributed by atoms with Crippen molar-refractivity contribution in [2.45, 2.75) is 25.9 Å². The molecule has 5 atom stereocenters. The molecule has 70 valence electrons. The molecule has 0 spiro atoms. The molecule has 3 aliphatic rings. The maximum Gasteiger partial charge on any atom is 0.302 e. The molecular weight excluding hydrogens is 164 g/mol. The van der Waals surface area contributed by atoms with Gasteiger partial charge in [0.2, 0.25) is 0 Å². The van der Waals surface area contributed by atoms with E-state index in [-0.39, 0.29) is 12.1 Å². The molecule has 13 heavy (non-hydrogen) atoms. The van der Waals surface area contributed by atoms with Gasteiger partial charge in [-0.05, 0) is 30.6 Å². The third-order valence-electron chi connectivity index (χ3n) is 3.92. The Bertz CT molecular complexity index is 282. The van der Waals surface area contributed by atoms with E-state index >= 15 is 0 Å². The minimum Gasteiger partial charge on any atom is -0.462 e. The van der Waals surface area contributed by atoms with Crippen LogP contribution in [0.25, 0.3) is 0 Å². The van der Waals surface area contributed by atoms with Crippen LogP contribution in [0, 0.1) is 23.7 Å². The van der Waals surface area contributed by atoms with E-state index in [2.05, 4.69) is 12.2 Å². The van der Waals surface area contributed by atoms with E-state index in [1.165, 1.54) is 19.8 Å². The minimum absolute atomic E-state index is 0.116. The highest BCUT2D eigenvalue weighted by atomic mass is 16.5. The van der Waals surface area contributed by atoms with Gasteiger partial charge in [-0.3, -0.25) is 4.79 Å². The smallest absolute Gasteiger partial charge is 0.302 e. The Morgan fingerprint density at radius 1 is 1.38 bits per heavy atom. The van der Waals surface area contributed by atoms with Crippen molar-refractivity contribution in [3.05, 3.63) is 12.2 Å². The first-order valence-electron chi connectivity index (χ1n) is 5.11. The quantitative estimate of drug-likeness (QED) is 0.452. The SMILES string of the molecule is CC(=O)O[C@H]1[C@H]2C[C@H]3[C@@H]1C=C[C@H]3C2. The van der Waals surface area contributed by atoms with Crippen LogP contribution in [0.5, 0.6) is 0 Å². The zero-order valence-corrected chi connectivity index (χ0v) is 7.77. The molecule has 3 rings (SSSR count). The lowest BCUT2D eigenvalue weighted by Crippen LogP contribution is -2.31. The number of fused-ring (bicyclic) bond motifs is 1. The summed E-state index contributed by atoms with van der Waals surface area (Å²) >= 11 is 0. The van der Waals surface area contributed by atoms with Gasteiger partial charge in [-0.1, -0.05) is 12.2 Å². The largest absolute Gasteiger partial charge is 0.462 e. The Morgan fingerprint density at radius 2 is 2.23 bits per heavy atom. The molecule has 2 fully saturated rings. The highest BCUT2D eigenvalue weighted by Crippen LogP contribution is 2.57. The molecule has 0 amide bonds. The molecule has 0 aromatic rings. The van der Waals surface area contributed by atoms with Gasteiger partial charge in [0.05, 0.1) is 0 Å². The average Bonchev–Trinajstić information content (AvgIpc) is 2.60. The predicted octanol–water partition coefficient (Wildman–Crippen LogP) is 1.76. The molecule has 0 radical (unpaired) electrons. The van der Waals surface area contributed by atoms with Crippen molar-refractivity contribution in [2.24, 2.45) is 23.7 Å². The fourth-order valence-corrected chi connectivity index (χ4v) is 3.52. The third kappa shape index (κ3) is 0.917. The summed E-state index contributed by atoms with van der Waals surface area (Å²) in [5.74, 6) is 2.69. The van der Waals surface area contributed by atoms with Gasteiger partial charge in [-0.2, -0.15) is 0 Å². The summed E-state index contributed by atoms with van der Waals surface area (Å²) in [5.41, 5.74) is 0. The van der Waals surface area contributed by atoms with Crippen LogP contribution < -0.4 is 0 Å². The van der Waals surface area contributed by atoms with Gasteiger partial charge in [0.15, 0.2) is 0 Å². The monoisotopic (exact) mass is 178 g/mol. The number of carbonyl (C=O) groups is 1. The number of esters is 1. The van der Waals surface area contributed by atoms with Crippen LogP contribution in [-0.2, 0) is 9.53 Å². The van der Waals surface area contributed by atoms with Crippen molar-refractivity contribution >= 4 is 5.97 Å². The van der Waals surface area contributed by atoms with Gasteiger partial charge in [0.25, 0.3) is 0 Å². The second kappa shape index (κ2) is 2.37. The van der Waals surface area contributed by atoms with E-state index in [9.17, 15) is 4.79 Å². The summed E-state index contributed by atoms with van der Waals surface area (Å²) in [6.07, 6.45) is 7.34. The van der Waals surface area contributed by atoms with Gasteiger partial charge in [-0.15, -0.1) is 0 Å². The Balaban J connectivity index is 1.84. The Labute approximate surface area is 78.0 Å². The first-order chi connectivity index (χ1) is 6.25. The highest BCUT2D eigenvalue weighted by molar-refractivity contribution is 5.66. The van der Waals surface area contributed by atoms with Crippen LogP contribution in [0.3, 0.4) is 0 Å². The maximum atomic E-state index is 10.9. The Kier molecular flexibility index (Phi) is 1.38. The van der Waals surface area contributed by atoms with Crippen LogP contribution in [0.2, 0.25) is 0 Å². The molecule has 0 aromatic carbocycles. The number of ether oxygens (including phenoxy) is 1. The molecule has 0 aromatic heterocycles. The molecule has 2 heteroatoms. The lowest BCUT2D eigenvalue weighted by Gasteiger charge is -2.27. The summed E-state index contributed by atoms with van der Waals surface area (Å²) < 4.78 is 5.39. The first-order valence-corrected chi connectivity index (χ1v) is 5.11. The molecule has 2 bridgehead atoms. The third-order valence-corrected chi connectivity index (χ3v) is 3.92. The maximum absolute atomic E-state index is 10.9. The number of allylic oxidation sites excluding steroid dienone is 1. The van der Waals surface area contributed by atoms with E-state index in [0.717, 1.165) is 11.8 Å². The number of rotatable bonds is 1. The standard InChI is InChI=1S/C11H14O2/c1-6(12)13-11-8-4-7-2-3-9(11)10(7)5-8/h2-3,7-11H,4-5H2,1H3/t7-,8+,9-,10+,11-/m0/s1. The molecule has 3 aliphatic carbocycles. The van der Waals surface area contributed by atoms with Crippen molar-refractivity contribution in [3.8, 4) is 0 Å². The molecule has 0 unspecified atom stereocenters. The molecular formula is C11H14O2. The number of hydrogen-bond donors (Lipinski definition) is 0. The zero-order valence-electron chi connectivity index (χ0n) is 7.77. The van der Waals surface area contributed by atoms with E-state index in [0.29, 0.717) is 11.8 Å². The van der Waals surface area contributed by atoms with Crippen LogP contribution in [0.15, 0.2) is 12.2 Å². The van der Waals surface area contributed by atoms with Crippen molar-refractivity contribution in [2.75, 3.05) is 0 Å². The second-order valence-electron chi connectivity index (χ2n) is 4.60. The summed E-state index contributed by atoms with van der Waals surface area (Å²) in [6.45, 7) is 1.52. The molecule has 0 saturated heterocycles. The fourth-order valence-electron chi connectivity index (χ4n) is 3.52. The molecule has 0 aliphatic heterocycles. The van der Waals surface area contributed by atoms with Crippen LogP contribution >= 0.6 is 0 Å².